The summed E-state index contributed by atoms with van der Waals surface area (Å²) in [6, 6.07) is 22.8. The third kappa shape index (κ3) is 5.71. The Morgan fingerprint density at radius 3 is 1.91 bits per heavy atom. The predicted molar refractivity (Wildman–Crippen MR) is 248 cm³/mol. The van der Waals surface area contributed by atoms with Gasteiger partial charge in [0.25, 0.3) is 0 Å². The van der Waals surface area contributed by atoms with Gasteiger partial charge in [-0.05, 0) is 84.9 Å². The van der Waals surface area contributed by atoms with Gasteiger partial charge in [-0.2, -0.15) is 10.2 Å². The highest BCUT2D eigenvalue weighted by Crippen LogP contribution is 2.46. The Morgan fingerprint density at radius 1 is 0.609 bits per heavy atom. The summed E-state index contributed by atoms with van der Waals surface area (Å²) >= 11 is 0. The van der Waals surface area contributed by atoms with Crippen molar-refractivity contribution in [2.75, 3.05) is 14.2 Å². The highest BCUT2D eigenvalue weighted by atomic mass is 16.5. The summed E-state index contributed by atoms with van der Waals surface area (Å²) in [5, 5.41) is 25.7. The molecule has 8 aromatic heterocycles. The second-order valence-corrected chi connectivity index (χ2v) is 16.4. The molecule has 14 heteroatoms. The number of nitrogens with zero attached hydrogens (tertiary/aromatic N) is 8. The van der Waals surface area contributed by atoms with E-state index in [1.807, 2.05) is 78.2 Å². The number of ether oxygens (including phenoxy) is 2. The van der Waals surface area contributed by atoms with Crippen LogP contribution in [-0.4, -0.2) is 64.0 Å². The fraction of sp³-hybridized carbons (Fsp3) is 0.200. The molecule has 0 radical (unpaired) electrons. The Balaban J connectivity index is 1.12. The van der Waals surface area contributed by atoms with Crippen molar-refractivity contribution in [3.8, 4) is 67.5 Å². The molecule has 0 amide bonds. The van der Waals surface area contributed by atoms with Gasteiger partial charge in [0.1, 0.15) is 35.4 Å². The van der Waals surface area contributed by atoms with E-state index in [4.69, 9.17) is 38.7 Å². The Labute approximate surface area is 366 Å². The van der Waals surface area contributed by atoms with Crippen molar-refractivity contribution in [1.29, 1.82) is 0 Å². The molecule has 11 rings (SSSR count). The lowest BCUT2D eigenvalue weighted by atomic mass is 9.97. The van der Waals surface area contributed by atoms with Gasteiger partial charge >= 0.3 is 0 Å². The van der Waals surface area contributed by atoms with Crippen LogP contribution < -0.4 is 9.47 Å². The van der Waals surface area contributed by atoms with E-state index < -0.39 is 0 Å². The maximum Gasteiger partial charge on any atom is 0.141 e. The lowest BCUT2D eigenvalue weighted by molar-refractivity contribution is 0.393. The van der Waals surface area contributed by atoms with Gasteiger partial charge in [0, 0.05) is 78.7 Å². The Hall–Kier alpha value is -8.00. The van der Waals surface area contributed by atoms with Gasteiger partial charge in [0.2, 0.25) is 0 Å². The van der Waals surface area contributed by atoms with E-state index in [-0.39, 0.29) is 0 Å². The van der Waals surface area contributed by atoms with Gasteiger partial charge in [0.15, 0.2) is 0 Å². The zero-order valence-corrected chi connectivity index (χ0v) is 36.9. The van der Waals surface area contributed by atoms with E-state index in [2.05, 4.69) is 79.0 Å². The SMILES string of the molecule is COc1cc2c(cc1-c1c(C)noc1C)[nH]c1ccnc(-c3c(C)nn(Cn4c5cc(-c6c(C)noc6C)c(OC)cc5c5c(-c6c(-c7ccccc7)n[nH]c6C)nccc54)c3C)c12. The summed E-state index contributed by atoms with van der Waals surface area (Å²) in [5.74, 6) is 2.86. The molecule has 0 saturated heterocycles. The normalized spacial score (nSPS) is 11.9. The van der Waals surface area contributed by atoms with Crippen LogP contribution in [0.25, 0.3) is 99.6 Å². The highest BCUT2D eigenvalue weighted by molar-refractivity contribution is 6.17. The first-order valence-electron chi connectivity index (χ1n) is 21.0. The summed E-state index contributed by atoms with van der Waals surface area (Å²) in [6.07, 6.45) is 3.72. The molecule has 0 saturated carbocycles. The molecule has 0 bridgehead atoms. The first-order valence-corrected chi connectivity index (χ1v) is 21.0. The number of nitrogens with one attached hydrogen (secondary N) is 2. The Kier molecular flexibility index (Phi) is 8.84. The number of aryl methyl sites for hydroxylation is 6. The summed E-state index contributed by atoms with van der Waals surface area (Å²) in [5.41, 5.74) is 17.1. The monoisotopic (exact) mass is 848 g/mol. The molecule has 3 aromatic carbocycles. The molecule has 0 fully saturated rings. The molecule has 2 N–H and O–H groups in total. The van der Waals surface area contributed by atoms with E-state index in [9.17, 15) is 0 Å². The number of aromatic nitrogens is 10. The van der Waals surface area contributed by atoms with Crippen LogP contribution in [0.4, 0.5) is 0 Å². The summed E-state index contributed by atoms with van der Waals surface area (Å²) in [6.45, 7) is 14.3. The van der Waals surface area contributed by atoms with E-state index in [1.54, 1.807) is 14.2 Å². The molecule has 0 unspecified atom stereocenters. The van der Waals surface area contributed by atoms with Crippen LogP contribution in [0.15, 0.2) is 88.2 Å². The maximum atomic E-state index is 6.15. The number of hydrogen-bond donors (Lipinski definition) is 2. The molecule has 318 valence electrons. The molecule has 0 spiro atoms. The average molecular weight is 849 g/mol. The van der Waals surface area contributed by atoms with Gasteiger partial charge in [-0.1, -0.05) is 40.6 Å². The van der Waals surface area contributed by atoms with Crippen LogP contribution in [0.2, 0.25) is 0 Å². The van der Waals surface area contributed by atoms with E-state index >= 15 is 0 Å². The van der Waals surface area contributed by atoms with E-state index in [1.165, 1.54) is 0 Å². The zero-order valence-electron chi connectivity index (χ0n) is 36.9. The fourth-order valence-electron chi connectivity index (χ4n) is 9.77. The third-order valence-electron chi connectivity index (χ3n) is 12.7. The van der Waals surface area contributed by atoms with E-state index in [0.717, 1.165) is 140 Å². The number of pyridine rings is 2. The fourth-order valence-corrected chi connectivity index (χ4v) is 9.77. The lowest BCUT2D eigenvalue weighted by Gasteiger charge is -2.13. The topological polar surface area (TPSA) is 164 Å². The molecule has 0 aliphatic heterocycles. The van der Waals surface area contributed by atoms with Crippen LogP contribution in [0.3, 0.4) is 0 Å². The van der Waals surface area contributed by atoms with Gasteiger partial charge in [0.05, 0.1) is 70.4 Å². The second kappa shape index (κ2) is 14.5. The van der Waals surface area contributed by atoms with Crippen molar-refractivity contribution < 1.29 is 18.5 Å². The molecule has 0 atom stereocenters. The first kappa shape index (κ1) is 38.9. The van der Waals surface area contributed by atoms with Crippen LogP contribution in [0.5, 0.6) is 11.5 Å². The molecule has 0 aliphatic rings. The number of H-pyrrole nitrogens is 2. The number of rotatable bonds is 9. The van der Waals surface area contributed by atoms with Crippen LogP contribution >= 0.6 is 0 Å². The number of fused-ring (bicyclic) bond motifs is 6. The minimum atomic E-state index is 0.387. The summed E-state index contributed by atoms with van der Waals surface area (Å²) in [7, 11) is 3.39. The Morgan fingerprint density at radius 2 is 1.25 bits per heavy atom. The number of benzene rings is 3. The third-order valence-corrected chi connectivity index (χ3v) is 12.7. The smallest absolute Gasteiger partial charge is 0.141 e. The van der Waals surface area contributed by atoms with Gasteiger partial charge < -0.3 is 28.1 Å². The largest absolute Gasteiger partial charge is 0.496 e. The van der Waals surface area contributed by atoms with Crippen molar-refractivity contribution in [2.24, 2.45) is 0 Å². The standard InChI is InChI=1S/C50H44N10O4/c1-24-45(48(55-54-24)31-13-11-10-12-14-31)50-47-33-22-41(62-9)35(44-27(4)58-64-30(44)7)20-39(33)59(38(47)16-18-52-50)23-60-28(5)42(25(2)56-60)49-46-32-21-40(61-8)34(43-26(3)57-63-29(43)6)19-37(32)53-36(46)15-17-51-49/h10-22,53H,23H2,1-9H3,(H,54,55). The zero-order chi connectivity index (χ0) is 44.1. The number of aromatic amines is 2. The van der Waals surface area contributed by atoms with Crippen molar-refractivity contribution >= 4 is 43.6 Å². The number of hydrogen-bond acceptors (Lipinski definition) is 10. The molecular weight excluding hydrogens is 805 g/mol. The van der Waals surface area contributed by atoms with Crippen molar-refractivity contribution in [2.45, 2.75) is 55.1 Å². The summed E-state index contributed by atoms with van der Waals surface area (Å²) < 4.78 is 27.8. The van der Waals surface area contributed by atoms with E-state index in [0.29, 0.717) is 18.2 Å². The molecule has 11 aromatic rings. The second-order valence-electron chi connectivity index (χ2n) is 16.4. The maximum absolute atomic E-state index is 6.15. The van der Waals surface area contributed by atoms with Crippen molar-refractivity contribution in [1.82, 2.24) is 49.8 Å². The molecule has 0 aliphatic carbocycles. The molecule has 14 nitrogen and oxygen atoms in total. The van der Waals surface area contributed by atoms with Crippen LogP contribution in [0.1, 0.15) is 40.0 Å². The van der Waals surface area contributed by atoms with Crippen molar-refractivity contribution in [3.63, 3.8) is 0 Å². The van der Waals surface area contributed by atoms with Gasteiger partial charge in [-0.25, -0.2) is 4.68 Å². The molecule has 8 heterocycles. The van der Waals surface area contributed by atoms with Gasteiger partial charge in [-0.3, -0.25) is 15.1 Å². The highest BCUT2D eigenvalue weighted by Gasteiger charge is 2.27. The number of methoxy groups -OCH3 is 2. The predicted octanol–water partition coefficient (Wildman–Crippen LogP) is 11.1. The van der Waals surface area contributed by atoms with Crippen LogP contribution in [-0.2, 0) is 6.67 Å². The van der Waals surface area contributed by atoms with Crippen LogP contribution in [0, 0.1) is 48.5 Å². The molecule has 64 heavy (non-hydrogen) atoms. The molecular formula is C50H44N10O4. The average Bonchev–Trinajstić information content (AvgIpc) is 4.14. The van der Waals surface area contributed by atoms with Crippen molar-refractivity contribution in [3.05, 3.63) is 119 Å². The lowest BCUT2D eigenvalue weighted by Crippen LogP contribution is -2.11. The first-order chi connectivity index (χ1) is 31.1. The Bertz CT molecular complexity index is 3620. The van der Waals surface area contributed by atoms with Gasteiger partial charge in [-0.15, -0.1) is 0 Å². The minimum Gasteiger partial charge on any atom is -0.496 e. The minimum absolute atomic E-state index is 0.387. The quantitative estimate of drug-likeness (QED) is 0.143. The summed E-state index contributed by atoms with van der Waals surface area (Å²) in [4.78, 5) is 13.8.